The molecule has 0 spiro atoms. The summed E-state index contributed by atoms with van der Waals surface area (Å²) in [5.74, 6) is 0.613. The number of nitrogens with zero attached hydrogens (tertiary/aromatic N) is 1. The average molecular weight is 423 g/mol. The Morgan fingerprint density at radius 3 is 2.46 bits per heavy atom. The molecule has 3 rings (SSSR count). The third kappa shape index (κ3) is 4.56. The lowest BCUT2D eigenvalue weighted by Crippen LogP contribution is -2.43. The van der Waals surface area contributed by atoms with Crippen molar-refractivity contribution in [1.82, 2.24) is 9.62 Å². The summed E-state index contributed by atoms with van der Waals surface area (Å²) in [6.07, 6.45) is 1.86. The monoisotopic (exact) mass is 422 g/mol. The minimum absolute atomic E-state index is 0.00385. The van der Waals surface area contributed by atoms with Crippen molar-refractivity contribution in [3.05, 3.63) is 47.3 Å². The van der Waals surface area contributed by atoms with Gasteiger partial charge in [0.1, 0.15) is 9.96 Å². The molecule has 1 saturated heterocycles. The van der Waals surface area contributed by atoms with Crippen molar-refractivity contribution in [1.29, 1.82) is 0 Å². The summed E-state index contributed by atoms with van der Waals surface area (Å²) in [5, 5.41) is 4.89. The van der Waals surface area contributed by atoms with E-state index in [1.165, 1.54) is 15.6 Å². The molecule has 1 aliphatic heterocycles. The van der Waals surface area contributed by atoms with Gasteiger partial charge in [0.2, 0.25) is 5.91 Å². The standard InChI is InChI=1S/C20H26N2O4S2/c1-3-18(15-6-8-17(26-2)9-7-15)21-20(23)16-10-12-22(13-11-16)28(24,25)19-5-4-14-27-19/h4-9,14,16,18H,3,10-13H2,1-2H3,(H,21,23)/t18-/m1/s1. The van der Waals surface area contributed by atoms with Crippen LogP contribution in [-0.2, 0) is 14.8 Å². The van der Waals surface area contributed by atoms with Gasteiger partial charge in [0, 0.05) is 19.0 Å². The average Bonchev–Trinajstić information content (AvgIpc) is 3.28. The Morgan fingerprint density at radius 2 is 1.93 bits per heavy atom. The van der Waals surface area contributed by atoms with Crippen molar-refractivity contribution in [2.24, 2.45) is 5.92 Å². The third-order valence-corrected chi connectivity index (χ3v) is 8.43. The van der Waals surface area contributed by atoms with Crippen LogP contribution < -0.4 is 10.1 Å². The molecule has 0 unspecified atom stereocenters. The van der Waals surface area contributed by atoms with Crippen molar-refractivity contribution in [2.45, 2.75) is 36.4 Å². The molecule has 6 nitrogen and oxygen atoms in total. The van der Waals surface area contributed by atoms with Crippen LogP contribution in [0.1, 0.15) is 37.8 Å². The number of rotatable bonds is 7. The van der Waals surface area contributed by atoms with Crippen LogP contribution in [0.2, 0.25) is 0 Å². The van der Waals surface area contributed by atoms with Gasteiger partial charge in [-0.05, 0) is 48.4 Å². The van der Waals surface area contributed by atoms with Gasteiger partial charge >= 0.3 is 0 Å². The van der Waals surface area contributed by atoms with E-state index >= 15 is 0 Å². The van der Waals surface area contributed by atoms with Gasteiger partial charge < -0.3 is 10.1 Å². The third-order valence-electron chi connectivity index (χ3n) is 5.16. The summed E-state index contributed by atoms with van der Waals surface area (Å²) in [4.78, 5) is 12.7. The van der Waals surface area contributed by atoms with Crippen LogP contribution in [0.15, 0.2) is 46.0 Å². The number of piperidine rings is 1. The number of sulfonamides is 1. The summed E-state index contributed by atoms with van der Waals surface area (Å²) in [5.41, 5.74) is 1.04. The van der Waals surface area contributed by atoms with Crippen LogP contribution in [0.25, 0.3) is 0 Å². The second kappa shape index (κ2) is 9.07. The molecular weight excluding hydrogens is 396 g/mol. The lowest BCUT2D eigenvalue weighted by molar-refractivity contribution is -0.126. The quantitative estimate of drug-likeness (QED) is 0.742. The van der Waals surface area contributed by atoms with E-state index < -0.39 is 10.0 Å². The zero-order valence-corrected chi connectivity index (χ0v) is 17.8. The van der Waals surface area contributed by atoms with Crippen molar-refractivity contribution >= 4 is 27.3 Å². The molecule has 1 amide bonds. The van der Waals surface area contributed by atoms with Gasteiger partial charge in [0.15, 0.2) is 0 Å². The number of amides is 1. The maximum atomic E-state index is 12.7. The lowest BCUT2D eigenvalue weighted by atomic mass is 9.95. The van der Waals surface area contributed by atoms with Crippen LogP contribution in [0.5, 0.6) is 5.75 Å². The molecule has 1 atom stereocenters. The highest BCUT2D eigenvalue weighted by Gasteiger charge is 2.33. The molecule has 1 fully saturated rings. The van der Waals surface area contributed by atoms with Crippen LogP contribution in [0, 0.1) is 5.92 Å². The van der Waals surface area contributed by atoms with Gasteiger partial charge in [-0.25, -0.2) is 8.42 Å². The van der Waals surface area contributed by atoms with Crippen molar-refractivity contribution in [3.63, 3.8) is 0 Å². The Balaban J connectivity index is 1.58. The minimum Gasteiger partial charge on any atom is -0.497 e. The van der Waals surface area contributed by atoms with E-state index in [1.54, 1.807) is 24.6 Å². The normalized spacial score (nSPS) is 17.2. The van der Waals surface area contributed by atoms with E-state index in [0.29, 0.717) is 30.1 Å². The van der Waals surface area contributed by atoms with E-state index in [0.717, 1.165) is 17.7 Å². The first kappa shape index (κ1) is 20.8. The summed E-state index contributed by atoms with van der Waals surface area (Å²) < 4.78 is 32.3. The first-order valence-corrected chi connectivity index (χ1v) is 11.8. The molecule has 8 heteroatoms. The van der Waals surface area contributed by atoms with Gasteiger partial charge in [-0.15, -0.1) is 11.3 Å². The first-order chi connectivity index (χ1) is 13.5. The number of ether oxygens (including phenoxy) is 1. The number of methoxy groups -OCH3 is 1. The second-order valence-electron chi connectivity index (χ2n) is 6.85. The minimum atomic E-state index is -3.44. The molecule has 1 aliphatic rings. The summed E-state index contributed by atoms with van der Waals surface area (Å²) in [6.45, 7) is 2.78. The highest BCUT2D eigenvalue weighted by molar-refractivity contribution is 7.91. The predicted molar refractivity (Wildman–Crippen MR) is 110 cm³/mol. The number of benzene rings is 1. The van der Waals surface area contributed by atoms with Crippen molar-refractivity contribution in [3.8, 4) is 5.75 Å². The fourth-order valence-corrected chi connectivity index (χ4v) is 6.06. The van der Waals surface area contributed by atoms with Gasteiger partial charge in [0.05, 0.1) is 13.2 Å². The van der Waals surface area contributed by atoms with Gasteiger partial charge in [-0.3, -0.25) is 4.79 Å². The lowest BCUT2D eigenvalue weighted by Gasteiger charge is -2.31. The van der Waals surface area contributed by atoms with Gasteiger partial charge in [0.25, 0.3) is 10.0 Å². The highest BCUT2D eigenvalue weighted by atomic mass is 32.2. The Hall–Kier alpha value is -1.90. The molecule has 2 heterocycles. The fourth-order valence-electron chi connectivity index (χ4n) is 3.44. The van der Waals surface area contributed by atoms with Gasteiger partial charge in [-0.1, -0.05) is 25.1 Å². The maximum absolute atomic E-state index is 12.7. The first-order valence-electron chi connectivity index (χ1n) is 9.43. The van der Waals surface area contributed by atoms with Crippen LogP contribution in [-0.4, -0.2) is 38.8 Å². The molecule has 0 saturated carbocycles. The molecule has 2 aromatic rings. The topological polar surface area (TPSA) is 75.7 Å². The zero-order valence-electron chi connectivity index (χ0n) is 16.1. The molecule has 152 valence electrons. The summed E-state index contributed by atoms with van der Waals surface area (Å²) >= 11 is 1.22. The van der Waals surface area contributed by atoms with E-state index in [-0.39, 0.29) is 17.9 Å². The summed E-state index contributed by atoms with van der Waals surface area (Å²) in [7, 11) is -1.81. The van der Waals surface area contributed by atoms with E-state index in [4.69, 9.17) is 4.74 Å². The SMILES string of the molecule is CC[C@@H](NC(=O)C1CCN(S(=O)(=O)c2cccs2)CC1)c1ccc(OC)cc1. The Labute approximate surface area is 170 Å². The van der Waals surface area contributed by atoms with Gasteiger partial charge in [-0.2, -0.15) is 4.31 Å². The number of carbonyl (C=O) groups excluding carboxylic acids is 1. The number of carbonyl (C=O) groups is 1. The summed E-state index contributed by atoms with van der Waals surface area (Å²) in [6, 6.07) is 11.0. The molecule has 0 aliphatic carbocycles. The Bertz CT molecular complexity index is 871. The second-order valence-corrected chi connectivity index (χ2v) is 9.97. The molecule has 28 heavy (non-hydrogen) atoms. The molecule has 1 aromatic carbocycles. The van der Waals surface area contributed by atoms with Crippen LogP contribution in [0.4, 0.5) is 0 Å². The molecule has 0 radical (unpaired) electrons. The Morgan fingerprint density at radius 1 is 1.25 bits per heavy atom. The maximum Gasteiger partial charge on any atom is 0.252 e. The molecule has 0 bridgehead atoms. The largest absolute Gasteiger partial charge is 0.497 e. The van der Waals surface area contributed by atoms with E-state index in [1.807, 2.05) is 31.2 Å². The van der Waals surface area contributed by atoms with E-state index in [9.17, 15) is 13.2 Å². The number of hydrogen-bond acceptors (Lipinski definition) is 5. The predicted octanol–water partition coefficient (Wildman–Crippen LogP) is 3.42. The highest BCUT2D eigenvalue weighted by Crippen LogP contribution is 2.27. The number of nitrogens with one attached hydrogen (secondary N) is 1. The number of hydrogen-bond donors (Lipinski definition) is 1. The molecule has 1 aromatic heterocycles. The number of thiophene rings is 1. The molecular formula is C20H26N2O4S2. The van der Waals surface area contributed by atoms with Crippen molar-refractivity contribution in [2.75, 3.05) is 20.2 Å². The Kier molecular flexibility index (Phi) is 6.74. The van der Waals surface area contributed by atoms with E-state index in [2.05, 4.69) is 5.32 Å². The zero-order chi connectivity index (χ0) is 20.1. The van der Waals surface area contributed by atoms with Crippen LogP contribution in [0.3, 0.4) is 0 Å². The van der Waals surface area contributed by atoms with Crippen molar-refractivity contribution < 1.29 is 17.9 Å². The fraction of sp³-hybridized carbons (Fsp3) is 0.450. The molecule has 1 N–H and O–H groups in total. The van der Waals surface area contributed by atoms with Crippen LogP contribution >= 0.6 is 11.3 Å². The smallest absolute Gasteiger partial charge is 0.252 e.